The lowest BCUT2D eigenvalue weighted by molar-refractivity contribution is 0.0163. The van der Waals surface area contributed by atoms with Crippen molar-refractivity contribution in [1.82, 2.24) is 0 Å². The average molecular weight is 242 g/mol. The van der Waals surface area contributed by atoms with Gasteiger partial charge < -0.3 is 14.6 Å². The van der Waals surface area contributed by atoms with Gasteiger partial charge in [0.25, 0.3) is 0 Å². The number of hydrogen-bond donors (Lipinski definition) is 1. The molecular formula is C12H15FO4. The summed E-state index contributed by atoms with van der Waals surface area (Å²) in [6.45, 7) is 2.48. The fourth-order valence-electron chi connectivity index (χ4n) is 1.23. The first-order valence-electron chi connectivity index (χ1n) is 5.30. The van der Waals surface area contributed by atoms with Crippen LogP contribution >= 0.6 is 0 Å². The van der Waals surface area contributed by atoms with Crippen molar-refractivity contribution < 1.29 is 23.8 Å². The van der Waals surface area contributed by atoms with E-state index in [0.717, 1.165) is 6.07 Å². The molecule has 0 aliphatic heterocycles. The largest absolute Gasteiger partial charge is 0.490 e. The highest BCUT2D eigenvalue weighted by Gasteiger charge is 2.08. The van der Waals surface area contributed by atoms with Crippen LogP contribution in [0.5, 0.6) is 5.75 Å². The van der Waals surface area contributed by atoms with Crippen LogP contribution in [-0.4, -0.2) is 37.3 Å². The standard InChI is InChI=1S/C12H15FO4/c1-2-16-7-11(15)8-17-12-4-3-10(13)5-9(12)6-14/h3-6,11,15H,2,7-8H2,1H3. The normalized spacial score (nSPS) is 12.2. The molecule has 1 atom stereocenters. The number of halogens is 1. The van der Waals surface area contributed by atoms with Crippen LogP contribution in [0, 0.1) is 5.82 Å². The van der Waals surface area contributed by atoms with E-state index in [4.69, 9.17) is 9.47 Å². The number of aliphatic hydroxyl groups excluding tert-OH is 1. The summed E-state index contributed by atoms with van der Waals surface area (Å²) < 4.78 is 23.0. The maximum Gasteiger partial charge on any atom is 0.153 e. The van der Waals surface area contributed by atoms with E-state index in [1.54, 1.807) is 0 Å². The number of rotatable bonds is 7. The molecule has 0 amide bonds. The number of carbonyl (C=O) groups is 1. The lowest BCUT2D eigenvalue weighted by atomic mass is 10.2. The first-order chi connectivity index (χ1) is 8.17. The summed E-state index contributed by atoms with van der Waals surface area (Å²) in [5.41, 5.74) is 0.119. The Balaban J connectivity index is 2.53. The van der Waals surface area contributed by atoms with Gasteiger partial charge in [-0.3, -0.25) is 4.79 Å². The molecule has 1 N–H and O–H groups in total. The van der Waals surface area contributed by atoms with Gasteiger partial charge in [-0.15, -0.1) is 0 Å². The maximum atomic E-state index is 12.8. The quantitative estimate of drug-likeness (QED) is 0.734. The molecule has 0 spiro atoms. The average Bonchev–Trinajstić information content (AvgIpc) is 2.34. The molecule has 0 heterocycles. The van der Waals surface area contributed by atoms with Crippen molar-refractivity contribution in [2.75, 3.05) is 19.8 Å². The van der Waals surface area contributed by atoms with Crippen LogP contribution in [0.25, 0.3) is 0 Å². The molecule has 1 aromatic carbocycles. The molecule has 1 aromatic rings. The minimum Gasteiger partial charge on any atom is -0.490 e. The number of ether oxygens (including phenoxy) is 2. The predicted molar refractivity (Wildman–Crippen MR) is 59.8 cm³/mol. The van der Waals surface area contributed by atoms with Gasteiger partial charge >= 0.3 is 0 Å². The Morgan fingerprint density at radius 2 is 2.24 bits per heavy atom. The summed E-state index contributed by atoms with van der Waals surface area (Å²) in [5, 5.41) is 9.45. The van der Waals surface area contributed by atoms with Gasteiger partial charge in [0.05, 0.1) is 12.2 Å². The third-order valence-corrected chi connectivity index (χ3v) is 2.04. The third-order valence-electron chi connectivity index (χ3n) is 2.04. The van der Waals surface area contributed by atoms with Crippen LogP contribution in [0.1, 0.15) is 17.3 Å². The van der Waals surface area contributed by atoms with E-state index in [2.05, 4.69) is 0 Å². The minimum atomic E-state index is -0.778. The van der Waals surface area contributed by atoms with Crippen LogP contribution in [0.3, 0.4) is 0 Å². The van der Waals surface area contributed by atoms with E-state index in [1.807, 2.05) is 6.92 Å². The smallest absolute Gasteiger partial charge is 0.153 e. The Morgan fingerprint density at radius 3 is 2.88 bits per heavy atom. The summed E-state index contributed by atoms with van der Waals surface area (Å²) in [4.78, 5) is 10.7. The van der Waals surface area contributed by atoms with Crippen molar-refractivity contribution in [2.24, 2.45) is 0 Å². The molecule has 0 aliphatic carbocycles. The van der Waals surface area contributed by atoms with Gasteiger partial charge in [0.2, 0.25) is 0 Å². The summed E-state index contributed by atoms with van der Waals surface area (Å²) in [6, 6.07) is 3.63. The molecule has 94 valence electrons. The first kappa shape index (κ1) is 13.6. The van der Waals surface area contributed by atoms with E-state index in [-0.39, 0.29) is 24.5 Å². The summed E-state index contributed by atoms with van der Waals surface area (Å²) in [6.07, 6.45) is -0.271. The van der Waals surface area contributed by atoms with Crippen molar-refractivity contribution >= 4 is 6.29 Å². The van der Waals surface area contributed by atoms with Gasteiger partial charge in [0, 0.05) is 6.61 Å². The Hall–Kier alpha value is -1.46. The summed E-state index contributed by atoms with van der Waals surface area (Å²) in [7, 11) is 0. The van der Waals surface area contributed by atoms with Crippen LogP contribution in [0.15, 0.2) is 18.2 Å². The van der Waals surface area contributed by atoms with Crippen LogP contribution in [0.4, 0.5) is 4.39 Å². The van der Waals surface area contributed by atoms with E-state index in [0.29, 0.717) is 12.9 Å². The highest BCUT2D eigenvalue weighted by Crippen LogP contribution is 2.17. The van der Waals surface area contributed by atoms with Crippen LogP contribution < -0.4 is 4.74 Å². The molecule has 5 heteroatoms. The highest BCUT2D eigenvalue weighted by molar-refractivity contribution is 5.79. The van der Waals surface area contributed by atoms with E-state index >= 15 is 0 Å². The fourth-order valence-corrected chi connectivity index (χ4v) is 1.23. The Bertz CT molecular complexity index is 368. The molecule has 17 heavy (non-hydrogen) atoms. The zero-order valence-corrected chi connectivity index (χ0v) is 9.56. The zero-order chi connectivity index (χ0) is 12.7. The van der Waals surface area contributed by atoms with Gasteiger partial charge in [-0.1, -0.05) is 0 Å². The van der Waals surface area contributed by atoms with Gasteiger partial charge in [-0.2, -0.15) is 0 Å². The number of aldehydes is 1. The second-order valence-electron chi connectivity index (χ2n) is 3.42. The second-order valence-corrected chi connectivity index (χ2v) is 3.42. The van der Waals surface area contributed by atoms with E-state index in [9.17, 15) is 14.3 Å². The second kappa shape index (κ2) is 6.98. The van der Waals surface area contributed by atoms with Crippen molar-refractivity contribution in [3.63, 3.8) is 0 Å². The van der Waals surface area contributed by atoms with Crippen molar-refractivity contribution in [2.45, 2.75) is 13.0 Å². The van der Waals surface area contributed by atoms with Crippen molar-refractivity contribution in [3.05, 3.63) is 29.6 Å². The molecule has 0 bridgehead atoms. The molecule has 1 unspecified atom stereocenters. The van der Waals surface area contributed by atoms with Crippen molar-refractivity contribution in [1.29, 1.82) is 0 Å². The predicted octanol–water partition coefficient (Wildman–Crippen LogP) is 1.41. The summed E-state index contributed by atoms with van der Waals surface area (Å²) in [5.74, 6) is -0.258. The molecule has 0 radical (unpaired) electrons. The van der Waals surface area contributed by atoms with Gasteiger partial charge in [0.15, 0.2) is 6.29 Å². The number of carbonyl (C=O) groups excluding carboxylic acids is 1. The Morgan fingerprint density at radius 1 is 1.47 bits per heavy atom. The van der Waals surface area contributed by atoms with Crippen LogP contribution in [-0.2, 0) is 4.74 Å². The third kappa shape index (κ3) is 4.50. The lowest BCUT2D eigenvalue weighted by Crippen LogP contribution is -2.23. The molecule has 0 saturated heterocycles. The van der Waals surface area contributed by atoms with Gasteiger partial charge in [-0.05, 0) is 25.1 Å². The molecule has 1 rings (SSSR count). The molecule has 4 nitrogen and oxygen atoms in total. The summed E-state index contributed by atoms with van der Waals surface area (Å²) >= 11 is 0. The topological polar surface area (TPSA) is 55.8 Å². The van der Waals surface area contributed by atoms with Gasteiger partial charge in [0.1, 0.15) is 24.3 Å². The number of aliphatic hydroxyl groups is 1. The van der Waals surface area contributed by atoms with E-state index < -0.39 is 11.9 Å². The number of benzene rings is 1. The molecule has 0 aliphatic rings. The molecular weight excluding hydrogens is 227 g/mol. The van der Waals surface area contributed by atoms with Crippen LogP contribution in [0.2, 0.25) is 0 Å². The van der Waals surface area contributed by atoms with Crippen molar-refractivity contribution in [3.8, 4) is 5.75 Å². The highest BCUT2D eigenvalue weighted by atomic mass is 19.1. The molecule has 0 aromatic heterocycles. The molecule has 0 saturated carbocycles. The monoisotopic (exact) mass is 242 g/mol. The Kier molecular flexibility index (Phi) is 5.59. The minimum absolute atomic E-state index is 0.00747. The molecule has 0 fully saturated rings. The Labute approximate surface area is 99.0 Å². The van der Waals surface area contributed by atoms with E-state index in [1.165, 1.54) is 12.1 Å². The zero-order valence-electron chi connectivity index (χ0n) is 9.56. The lowest BCUT2D eigenvalue weighted by Gasteiger charge is -2.13. The SMILES string of the molecule is CCOCC(O)COc1ccc(F)cc1C=O. The fraction of sp³-hybridized carbons (Fsp3) is 0.417. The first-order valence-corrected chi connectivity index (χ1v) is 5.30. The maximum absolute atomic E-state index is 12.8. The number of hydrogen-bond acceptors (Lipinski definition) is 4. The van der Waals surface area contributed by atoms with Gasteiger partial charge in [-0.25, -0.2) is 4.39 Å².